The second-order valence-corrected chi connectivity index (χ2v) is 14.9. The van der Waals surface area contributed by atoms with Gasteiger partial charge in [0.15, 0.2) is 6.29 Å². The Balaban J connectivity index is 1.32. The van der Waals surface area contributed by atoms with Crippen LogP contribution in [0.2, 0.25) is 5.02 Å². The van der Waals surface area contributed by atoms with E-state index >= 15 is 0 Å². The number of rotatable bonds is 17. The van der Waals surface area contributed by atoms with Gasteiger partial charge in [-0.15, -0.1) is 11.3 Å². The molecule has 2 fully saturated rings. The number of likely N-dealkylation sites (N-methyl/N-ethyl adjacent to an activating group) is 1. The van der Waals surface area contributed by atoms with Gasteiger partial charge in [-0.05, 0) is 75.4 Å². The summed E-state index contributed by atoms with van der Waals surface area (Å²) >= 11 is 8.64. The van der Waals surface area contributed by atoms with Crippen LogP contribution < -0.4 is 14.2 Å². The minimum atomic E-state index is -1.00. The SMILES string of the molecule is CCOC(=O)[C@@H](Cc1ccccc1OC1CCCCO1)Oc1ncnc2sc(CCCOC)c(-c3ccc(OCCN4CCN(C)CC4)c(Cl)c3C)c12. The van der Waals surface area contributed by atoms with Gasteiger partial charge in [0.05, 0.1) is 23.6 Å². The Morgan fingerprint density at radius 2 is 1.91 bits per heavy atom. The summed E-state index contributed by atoms with van der Waals surface area (Å²) in [6.45, 7) is 10.8. The standard InChI is InChI=1S/C40H51ClN4O7S/c1-5-48-40(46)32(25-28-11-6-7-12-30(28)51-34-14-8-9-23-50-34)52-38-36-35(33(13-10-22-47-4)53-39(36)43-26-42-38)29-15-16-31(37(41)27(29)2)49-24-21-45-19-17-44(3)18-20-45/h6-7,11-12,15-16,26,32,34H,5,8-10,13-14,17-25H2,1-4H3/t32-,34?/m1/s1. The summed E-state index contributed by atoms with van der Waals surface area (Å²) in [6, 6.07) is 11.7. The molecule has 0 saturated carbocycles. The third-order valence-corrected chi connectivity index (χ3v) is 11.4. The van der Waals surface area contributed by atoms with E-state index in [0.29, 0.717) is 42.2 Å². The second kappa shape index (κ2) is 19.2. The number of methoxy groups -OCH3 is 1. The zero-order valence-corrected chi connectivity index (χ0v) is 32.8. The van der Waals surface area contributed by atoms with Crippen LogP contribution in [0.1, 0.15) is 48.6 Å². The van der Waals surface area contributed by atoms with Gasteiger partial charge in [0.2, 0.25) is 12.0 Å². The van der Waals surface area contributed by atoms with E-state index < -0.39 is 12.1 Å². The van der Waals surface area contributed by atoms with Crippen LogP contribution in [0.15, 0.2) is 42.7 Å². The summed E-state index contributed by atoms with van der Waals surface area (Å²) in [5, 5.41) is 1.28. The van der Waals surface area contributed by atoms with Crippen LogP contribution >= 0.6 is 22.9 Å². The number of halogens is 1. The molecular formula is C40H51ClN4O7S. The molecule has 4 heterocycles. The van der Waals surface area contributed by atoms with E-state index in [1.165, 1.54) is 6.33 Å². The minimum absolute atomic E-state index is 0.207. The molecule has 2 aliphatic rings. The van der Waals surface area contributed by atoms with Crippen LogP contribution in [0.4, 0.5) is 0 Å². The van der Waals surface area contributed by atoms with Gasteiger partial charge >= 0.3 is 5.97 Å². The number of aryl methyl sites for hydroxylation is 1. The number of esters is 1. The number of piperazine rings is 1. The maximum absolute atomic E-state index is 13.6. The normalized spacial score (nSPS) is 17.5. The van der Waals surface area contributed by atoms with E-state index in [2.05, 4.69) is 26.8 Å². The number of carbonyl (C=O) groups is 1. The average molecular weight is 767 g/mol. The highest BCUT2D eigenvalue weighted by Gasteiger charge is 2.29. The molecule has 2 saturated heterocycles. The van der Waals surface area contributed by atoms with Gasteiger partial charge in [0.25, 0.3) is 0 Å². The summed E-state index contributed by atoms with van der Waals surface area (Å²) < 4.78 is 35.9. The van der Waals surface area contributed by atoms with Gasteiger partial charge in [-0.25, -0.2) is 14.8 Å². The first-order chi connectivity index (χ1) is 25.9. The number of ether oxygens (including phenoxy) is 6. The largest absolute Gasteiger partial charge is 0.491 e. The first-order valence-corrected chi connectivity index (χ1v) is 19.8. The quantitative estimate of drug-likeness (QED) is 0.0821. The van der Waals surface area contributed by atoms with Gasteiger partial charge < -0.3 is 33.3 Å². The molecule has 0 N–H and O–H groups in total. The second-order valence-electron chi connectivity index (χ2n) is 13.5. The smallest absolute Gasteiger partial charge is 0.347 e. The fraction of sp³-hybridized carbons (Fsp3) is 0.525. The van der Waals surface area contributed by atoms with Crippen molar-refractivity contribution in [3.63, 3.8) is 0 Å². The molecule has 0 aliphatic carbocycles. The average Bonchev–Trinajstić information content (AvgIpc) is 3.54. The third kappa shape index (κ3) is 9.97. The summed E-state index contributed by atoms with van der Waals surface area (Å²) in [5.41, 5.74) is 3.55. The third-order valence-electron chi connectivity index (χ3n) is 9.74. The fourth-order valence-electron chi connectivity index (χ4n) is 6.75. The van der Waals surface area contributed by atoms with E-state index in [-0.39, 0.29) is 19.3 Å². The first kappa shape index (κ1) is 39.2. The van der Waals surface area contributed by atoms with Crippen molar-refractivity contribution < 1.29 is 33.2 Å². The number of hydrogen-bond acceptors (Lipinski definition) is 12. The fourth-order valence-corrected chi connectivity index (χ4v) is 8.16. The van der Waals surface area contributed by atoms with Crippen LogP contribution in [-0.2, 0) is 31.8 Å². The number of thiophene rings is 1. The van der Waals surface area contributed by atoms with Crippen molar-refractivity contribution in [3.05, 3.63) is 63.8 Å². The molecule has 1 unspecified atom stereocenters. The molecule has 0 amide bonds. The Hall–Kier alpha value is -3.52. The lowest BCUT2D eigenvalue weighted by Gasteiger charge is -2.32. The van der Waals surface area contributed by atoms with Crippen molar-refractivity contribution in [1.82, 2.24) is 19.8 Å². The first-order valence-electron chi connectivity index (χ1n) is 18.6. The topological polar surface area (TPSA) is 105 Å². The molecule has 2 aromatic carbocycles. The summed E-state index contributed by atoms with van der Waals surface area (Å²) in [7, 11) is 3.86. The zero-order chi connectivity index (χ0) is 37.2. The summed E-state index contributed by atoms with van der Waals surface area (Å²) in [5.74, 6) is 1.11. The maximum Gasteiger partial charge on any atom is 0.347 e. The molecular weight excluding hydrogens is 716 g/mol. The Morgan fingerprint density at radius 3 is 2.68 bits per heavy atom. The van der Waals surface area contributed by atoms with E-state index in [4.69, 9.17) is 40.0 Å². The Kier molecular flexibility index (Phi) is 14.2. The van der Waals surface area contributed by atoms with E-state index in [0.717, 1.165) is 102 Å². The molecule has 2 atom stereocenters. The number of benzene rings is 2. The molecule has 286 valence electrons. The maximum atomic E-state index is 13.6. The molecule has 0 spiro atoms. The van der Waals surface area contributed by atoms with Crippen molar-refractivity contribution in [3.8, 4) is 28.5 Å². The van der Waals surface area contributed by atoms with Crippen molar-refractivity contribution in [2.24, 2.45) is 0 Å². The Bertz CT molecular complexity index is 1810. The number of carbonyl (C=O) groups excluding carboxylic acids is 1. The summed E-state index contributed by atoms with van der Waals surface area (Å²) in [4.78, 5) is 29.5. The minimum Gasteiger partial charge on any atom is -0.491 e. The predicted octanol–water partition coefficient (Wildman–Crippen LogP) is 6.98. The lowest BCUT2D eigenvalue weighted by Crippen LogP contribution is -2.45. The number of para-hydroxylation sites is 1. The zero-order valence-electron chi connectivity index (χ0n) is 31.2. The molecule has 2 aliphatic heterocycles. The van der Waals surface area contributed by atoms with Gasteiger partial charge in [-0.3, -0.25) is 4.90 Å². The van der Waals surface area contributed by atoms with Crippen molar-refractivity contribution >= 4 is 39.1 Å². The highest BCUT2D eigenvalue weighted by Crippen LogP contribution is 2.46. The number of nitrogens with zero attached hydrogens (tertiary/aromatic N) is 4. The van der Waals surface area contributed by atoms with E-state index in [1.54, 1.807) is 25.4 Å². The lowest BCUT2D eigenvalue weighted by molar-refractivity contribution is -0.151. The predicted molar refractivity (Wildman–Crippen MR) is 208 cm³/mol. The Morgan fingerprint density at radius 1 is 1.08 bits per heavy atom. The number of fused-ring (bicyclic) bond motifs is 1. The van der Waals surface area contributed by atoms with E-state index in [9.17, 15) is 4.79 Å². The molecule has 11 nitrogen and oxygen atoms in total. The molecule has 13 heteroatoms. The van der Waals surface area contributed by atoms with Crippen molar-refractivity contribution in [2.75, 3.05) is 73.3 Å². The van der Waals surface area contributed by atoms with Gasteiger partial charge in [-0.2, -0.15) is 0 Å². The van der Waals surface area contributed by atoms with Gasteiger partial charge in [0.1, 0.15) is 29.3 Å². The van der Waals surface area contributed by atoms with Crippen molar-refractivity contribution in [1.29, 1.82) is 0 Å². The van der Waals surface area contributed by atoms with Crippen LogP contribution in [0, 0.1) is 6.92 Å². The molecule has 6 rings (SSSR count). The molecule has 4 aromatic rings. The number of aromatic nitrogens is 2. The van der Waals surface area contributed by atoms with Crippen LogP contribution in [0.5, 0.6) is 17.4 Å². The lowest BCUT2D eigenvalue weighted by atomic mass is 9.97. The molecule has 0 radical (unpaired) electrons. The van der Waals surface area contributed by atoms with Gasteiger partial charge in [-0.1, -0.05) is 35.9 Å². The number of hydrogen-bond donors (Lipinski definition) is 0. The van der Waals surface area contributed by atoms with Gasteiger partial charge in [0, 0.05) is 69.7 Å². The van der Waals surface area contributed by atoms with Crippen LogP contribution in [-0.4, -0.2) is 111 Å². The van der Waals surface area contributed by atoms with E-state index in [1.807, 2.05) is 43.3 Å². The summed E-state index contributed by atoms with van der Waals surface area (Å²) in [6.07, 6.45) is 4.79. The van der Waals surface area contributed by atoms with Crippen LogP contribution in [0.3, 0.4) is 0 Å². The highest BCUT2D eigenvalue weighted by molar-refractivity contribution is 7.19. The van der Waals surface area contributed by atoms with Crippen molar-refractivity contribution in [2.45, 2.75) is 64.8 Å². The highest BCUT2D eigenvalue weighted by atomic mass is 35.5. The molecule has 53 heavy (non-hydrogen) atoms. The molecule has 2 aromatic heterocycles. The monoisotopic (exact) mass is 766 g/mol. The Labute approximate surface area is 321 Å². The van der Waals surface area contributed by atoms with Crippen LogP contribution in [0.25, 0.3) is 21.3 Å². The molecule has 0 bridgehead atoms.